The Hall–Kier alpha value is -4.05. The third-order valence-corrected chi connectivity index (χ3v) is 7.07. The minimum atomic E-state index is -4.02. The number of aromatic nitrogens is 1. The molecule has 3 aromatic carbocycles. The molecule has 1 aromatic heterocycles. The van der Waals surface area contributed by atoms with Gasteiger partial charge >= 0.3 is 0 Å². The van der Waals surface area contributed by atoms with E-state index in [0.717, 1.165) is 22.9 Å². The van der Waals surface area contributed by atoms with E-state index in [2.05, 4.69) is 9.71 Å². The number of nitrogens with one attached hydrogen (secondary N) is 1. The van der Waals surface area contributed by atoms with Crippen molar-refractivity contribution in [3.05, 3.63) is 77.9 Å². The number of methoxy groups -OCH3 is 4. The van der Waals surface area contributed by atoms with E-state index in [1.165, 1.54) is 26.4 Å². The van der Waals surface area contributed by atoms with Gasteiger partial charge in [0.25, 0.3) is 10.0 Å². The van der Waals surface area contributed by atoms with E-state index in [4.69, 9.17) is 18.9 Å². The Morgan fingerprint density at radius 2 is 1.39 bits per heavy atom. The van der Waals surface area contributed by atoms with Crippen LogP contribution in [0.25, 0.3) is 10.8 Å². The van der Waals surface area contributed by atoms with Crippen LogP contribution < -0.4 is 23.7 Å². The Morgan fingerprint density at radius 1 is 0.806 bits per heavy atom. The summed E-state index contributed by atoms with van der Waals surface area (Å²) in [6, 6.07) is 13.4. The van der Waals surface area contributed by atoms with Crippen molar-refractivity contribution in [2.75, 3.05) is 33.2 Å². The van der Waals surface area contributed by atoms with Crippen LogP contribution >= 0.6 is 0 Å². The fourth-order valence-electron chi connectivity index (χ4n) is 3.86. The summed E-state index contributed by atoms with van der Waals surface area (Å²) >= 11 is 0. The molecule has 0 unspecified atom stereocenters. The summed E-state index contributed by atoms with van der Waals surface area (Å²) in [5.41, 5.74) is 1.55. The van der Waals surface area contributed by atoms with Gasteiger partial charge in [-0.25, -0.2) is 12.8 Å². The van der Waals surface area contributed by atoms with Crippen molar-refractivity contribution in [3.63, 3.8) is 0 Å². The molecule has 0 amide bonds. The molecule has 0 spiro atoms. The molecule has 8 nitrogen and oxygen atoms in total. The number of fused-ring (bicyclic) bond motifs is 1. The van der Waals surface area contributed by atoms with Crippen molar-refractivity contribution in [2.45, 2.75) is 11.3 Å². The highest BCUT2D eigenvalue weighted by Crippen LogP contribution is 2.37. The van der Waals surface area contributed by atoms with Crippen LogP contribution in [0.5, 0.6) is 23.0 Å². The van der Waals surface area contributed by atoms with Crippen LogP contribution in [0, 0.1) is 5.82 Å². The van der Waals surface area contributed by atoms with Crippen molar-refractivity contribution < 1.29 is 31.8 Å². The van der Waals surface area contributed by atoms with Gasteiger partial charge in [0.05, 0.1) is 44.7 Å². The first kappa shape index (κ1) is 25.1. The lowest BCUT2D eigenvalue weighted by Gasteiger charge is -2.17. The van der Waals surface area contributed by atoms with E-state index < -0.39 is 15.8 Å². The van der Waals surface area contributed by atoms with Gasteiger partial charge in [0.2, 0.25) is 0 Å². The van der Waals surface area contributed by atoms with Gasteiger partial charge in [-0.3, -0.25) is 9.71 Å². The standard InChI is InChI=1S/C26H25FN2O6S/c1-32-23-12-16-9-10-28-22(20(16)14-25(23)34-3)11-17-13-24(33-2)26(35-4)15-21(17)29-36(30,31)19-7-5-18(27)6-8-19/h5-10,12-15,29H,11H2,1-4H3. The van der Waals surface area contributed by atoms with Gasteiger partial charge in [-0.15, -0.1) is 0 Å². The zero-order valence-corrected chi connectivity index (χ0v) is 21.0. The molecule has 0 aliphatic heterocycles. The average molecular weight is 513 g/mol. The molecule has 36 heavy (non-hydrogen) atoms. The maximum Gasteiger partial charge on any atom is 0.261 e. The molecular formula is C26H25FN2O6S. The van der Waals surface area contributed by atoms with Crippen molar-refractivity contribution >= 4 is 26.5 Å². The number of ether oxygens (including phenoxy) is 4. The molecule has 0 bridgehead atoms. The summed E-state index contributed by atoms with van der Waals surface area (Å²) in [6.45, 7) is 0. The molecule has 188 valence electrons. The van der Waals surface area contributed by atoms with E-state index in [0.29, 0.717) is 34.3 Å². The first-order valence-electron chi connectivity index (χ1n) is 10.8. The van der Waals surface area contributed by atoms with Crippen molar-refractivity contribution in [1.82, 2.24) is 4.98 Å². The number of anilines is 1. The Balaban J connectivity index is 1.82. The number of sulfonamides is 1. The largest absolute Gasteiger partial charge is 0.493 e. The van der Waals surface area contributed by atoms with E-state index in [-0.39, 0.29) is 17.0 Å². The maximum absolute atomic E-state index is 13.4. The minimum Gasteiger partial charge on any atom is -0.493 e. The SMILES string of the molecule is COc1cc(Cc2nccc3cc(OC)c(OC)cc23)c(NS(=O)(=O)c2ccc(F)cc2)cc1OC. The Kier molecular flexibility index (Phi) is 7.16. The summed E-state index contributed by atoms with van der Waals surface area (Å²) < 4.78 is 63.8. The molecular weight excluding hydrogens is 487 g/mol. The Labute approximate surface area is 208 Å². The third kappa shape index (κ3) is 4.99. The van der Waals surface area contributed by atoms with E-state index in [1.54, 1.807) is 32.5 Å². The van der Waals surface area contributed by atoms with Crippen LogP contribution in [-0.4, -0.2) is 41.8 Å². The zero-order valence-electron chi connectivity index (χ0n) is 20.2. The maximum atomic E-state index is 13.4. The molecule has 0 aliphatic carbocycles. The fourth-order valence-corrected chi connectivity index (χ4v) is 4.95. The van der Waals surface area contributed by atoms with Crippen molar-refractivity contribution in [3.8, 4) is 23.0 Å². The second kappa shape index (κ2) is 10.3. The van der Waals surface area contributed by atoms with Gasteiger partial charge < -0.3 is 18.9 Å². The predicted molar refractivity (Wildman–Crippen MR) is 134 cm³/mol. The molecule has 0 saturated heterocycles. The van der Waals surface area contributed by atoms with Crippen LogP contribution in [0.2, 0.25) is 0 Å². The van der Waals surface area contributed by atoms with E-state index >= 15 is 0 Å². The average Bonchev–Trinajstić information content (AvgIpc) is 2.88. The molecule has 1 N–H and O–H groups in total. The minimum absolute atomic E-state index is 0.0789. The number of hydrogen-bond donors (Lipinski definition) is 1. The second-order valence-electron chi connectivity index (χ2n) is 7.79. The molecule has 0 fully saturated rings. The van der Waals surface area contributed by atoms with Crippen LogP contribution in [-0.2, 0) is 16.4 Å². The van der Waals surface area contributed by atoms with Crippen molar-refractivity contribution in [2.24, 2.45) is 0 Å². The van der Waals surface area contributed by atoms with Crippen LogP contribution in [0.1, 0.15) is 11.3 Å². The lowest BCUT2D eigenvalue weighted by atomic mass is 10.0. The van der Waals surface area contributed by atoms with E-state index in [9.17, 15) is 12.8 Å². The van der Waals surface area contributed by atoms with Gasteiger partial charge in [0, 0.05) is 24.1 Å². The highest BCUT2D eigenvalue weighted by Gasteiger charge is 2.20. The summed E-state index contributed by atoms with van der Waals surface area (Å²) in [5, 5.41) is 1.70. The fraction of sp³-hybridized carbons (Fsp3) is 0.192. The topological polar surface area (TPSA) is 96.0 Å². The molecule has 1 heterocycles. The van der Waals surface area contributed by atoms with Crippen LogP contribution in [0.3, 0.4) is 0 Å². The molecule has 0 aliphatic rings. The molecule has 4 rings (SSSR count). The number of nitrogens with zero attached hydrogens (tertiary/aromatic N) is 1. The van der Waals surface area contributed by atoms with Crippen LogP contribution in [0.4, 0.5) is 10.1 Å². The number of rotatable bonds is 9. The third-order valence-electron chi connectivity index (χ3n) is 5.69. The molecule has 0 saturated carbocycles. The number of halogens is 1. The second-order valence-corrected chi connectivity index (χ2v) is 9.47. The predicted octanol–water partition coefficient (Wildman–Crippen LogP) is 4.80. The van der Waals surface area contributed by atoms with Crippen LogP contribution in [0.15, 0.2) is 65.7 Å². The Bertz CT molecular complexity index is 1510. The van der Waals surface area contributed by atoms with Gasteiger partial charge in [-0.05, 0) is 59.5 Å². The van der Waals surface area contributed by atoms with Gasteiger partial charge in [0.1, 0.15) is 5.82 Å². The highest BCUT2D eigenvalue weighted by atomic mass is 32.2. The number of hydrogen-bond acceptors (Lipinski definition) is 7. The lowest BCUT2D eigenvalue weighted by Crippen LogP contribution is -2.15. The first-order chi connectivity index (χ1) is 17.3. The summed E-state index contributed by atoms with van der Waals surface area (Å²) in [7, 11) is 2.05. The summed E-state index contributed by atoms with van der Waals surface area (Å²) in [4.78, 5) is 4.47. The monoisotopic (exact) mass is 512 g/mol. The number of pyridine rings is 1. The van der Waals surface area contributed by atoms with Gasteiger partial charge in [-0.2, -0.15) is 0 Å². The lowest BCUT2D eigenvalue weighted by molar-refractivity contribution is 0.355. The Morgan fingerprint density at radius 3 is 2.03 bits per heavy atom. The summed E-state index contributed by atoms with van der Waals surface area (Å²) in [6.07, 6.45) is 1.93. The smallest absolute Gasteiger partial charge is 0.261 e. The molecule has 0 radical (unpaired) electrons. The quantitative estimate of drug-likeness (QED) is 0.344. The number of benzene rings is 3. The first-order valence-corrected chi connectivity index (χ1v) is 12.3. The normalized spacial score (nSPS) is 11.2. The molecule has 0 atom stereocenters. The van der Waals surface area contributed by atoms with E-state index in [1.807, 2.05) is 18.2 Å². The van der Waals surface area contributed by atoms with Gasteiger partial charge in [-0.1, -0.05) is 0 Å². The summed E-state index contributed by atoms with van der Waals surface area (Å²) in [5.74, 6) is 1.37. The van der Waals surface area contributed by atoms with Crippen molar-refractivity contribution in [1.29, 1.82) is 0 Å². The highest BCUT2D eigenvalue weighted by molar-refractivity contribution is 7.92. The zero-order chi connectivity index (χ0) is 25.9. The molecule has 4 aromatic rings. The van der Waals surface area contributed by atoms with Gasteiger partial charge in [0.15, 0.2) is 23.0 Å². The molecule has 10 heteroatoms.